The molecule has 2 rings (SSSR count). The molecule has 0 saturated heterocycles. The number of carbonyl (C=O) groups excluding carboxylic acids is 1. The van der Waals surface area contributed by atoms with Gasteiger partial charge in [-0.2, -0.15) is 0 Å². The van der Waals surface area contributed by atoms with E-state index in [0.717, 1.165) is 16.8 Å². The van der Waals surface area contributed by atoms with E-state index < -0.39 is 0 Å². The maximum atomic E-state index is 12.4. The van der Waals surface area contributed by atoms with Crippen LogP contribution in [-0.2, 0) is 11.3 Å². The summed E-state index contributed by atoms with van der Waals surface area (Å²) in [5, 5.41) is 3.01. The summed E-state index contributed by atoms with van der Waals surface area (Å²) in [6, 6.07) is 15.5. The van der Waals surface area contributed by atoms with Crippen LogP contribution in [0.5, 0.6) is 0 Å². The molecule has 0 radical (unpaired) electrons. The largest absolute Gasteiger partial charge is 0.374 e. The zero-order valence-corrected chi connectivity index (χ0v) is 14.3. The molecule has 1 amide bonds. The molecule has 23 heavy (non-hydrogen) atoms. The molecule has 0 atom stereocenters. The summed E-state index contributed by atoms with van der Waals surface area (Å²) < 4.78 is 5.57. The first kappa shape index (κ1) is 17.2. The molecule has 3 heteroatoms. The monoisotopic (exact) mass is 311 g/mol. The Labute approximate surface area is 138 Å². The number of anilines is 1. The molecule has 0 aliphatic rings. The quantitative estimate of drug-likeness (QED) is 0.816. The minimum absolute atomic E-state index is 0.0885. The number of benzene rings is 2. The predicted molar refractivity (Wildman–Crippen MR) is 94.9 cm³/mol. The Morgan fingerprint density at radius 2 is 1.65 bits per heavy atom. The zero-order valence-electron chi connectivity index (χ0n) is 14.3. The van der Waals surface area contributed by atoms with E-state index >= 15 is 0 Å². The number of hydrogen-bond acceptors (Lipinski definition) is 2. The summed E-state index contributed by atoms with van der Waals surface area (Å²) in [6.45, 7) is 8.82. The predicted octanol–water partition coefficient (Wildman–Crippen LogP) is 4.99. The molecule has 2 aromatic rings. The highest BCUT2D eigenvalue weighted by molar-refractivity contribution is 6.04. The molecule has 0 spiro atoms. The lowest BCUT2D eigenvalue weighted by Gasteiger charge is -2.14. The standard InChI is InChI=1S/C20H25NO2/c1-14(2)18-7-5-6-8-19(18)21-20(22)17-11-9-16(10-12-17)13-23-15(3)4/h5-12,14-15H,13H2,1-4H3,(H,21,22). The van der Waals surface area contributed by atoms with E-state index in [4.69, 9.17) is 4.74 Å². The fraction of sp³-hybridized carbons (Fsp3) is 0.350. The number of ether oxygens (including phenoxy) is 1. The lowest BCUT2D eigenvalue weighted by molar-refractivity contribution is 0.0657. The van der Waals surface area contributed by atoms with Crippen LogP contribution in [-0.4, -0.2) is 12.0 Å². The van der Waals surface area contributed by atoms with E-state index in [-0.39, 0.29) is 12.0 Å². The minimum Gasteiger partial charge on any atom is -0.374 e. The molecule has 3 nitrogen and oxygen atoms in total. The average Bonchev–Trinajstić information content (AvgIpc) is 2.53. The fourth-order valence-electron chi connectivity index (χ4n) is 2.32. The first-order chi connectivity index (χ1) is 11.0. The Bertz CT molecular complexity index is 645. The van der Waals surface area contributed by atoms with Gasteiger partial charge >= 0.3 is 0 Å². The van der Waals surface area contributed by atoms with Crippen LogP contribution in [0.4, 0.5) is 5.69 Å². The van der Waals surface area contributed by atoms with Crippen LogP contribution in [0.15, 0.2) is 48.5 Å². The van der Waals surface area contributed by atoms with Gasteiger partial charge in [0.25, 0.3) is 5.91 Å². The highest BCUT2D eigenvalue weighted by atomic mass is 16.5. The van der Waals surface area contributed by atoms with Crippen molar-refractivity contribution in [3.63, 3.8) is 0 Å². The Morgan fingerprint density at radius 3 is 2.26 bits per heavy atom. The molecule has 1 N–H and O–H groups in total. The lowest BCUT2D eigenvalue weighted by atomic mass is 10.0. The second kappa shape index (κ2) is 7.93. The van der Waals surface area contributed by atoms with Crippen molar-refractivity contribution in [3.8, 4) is 0 Å². The van der Waals surface area contributed by atoms with Crippen molar-refractivity contribution in [1.29, 1.82) is 0 Å². The van der Waals surface area contributed by atoms with Crippen LogP contribution < -0.4 is 5.32 Å². The van der Waals surface area contributed by atoms with Gasteiger partial charge in [0.05, 0.1) is 12.7 Å². The molecule has 0 aliphatic heterocycles. The van der Waals surface area contributed by atoms with Gasteiger partial charge in [-0.15, -0.1) is 0 Å². The first-order valence-electron chi connectivity index (χ1n) is 8.08. The minimum atomic E-state index is -0.0885. The van der Waals surface area contributed by atoms with E-state index in [1.54, 1.807) is 0 Å². The van der Waals surface area contributed by atoms with Gasteiger partial charge in [0, 0.05) is 11.3 Å². The highest BCUT2D eigenvalue weighted by Gasteiger charge is 2.10. The lowest BCUT2D eigenvalue weighted by Crippen LogP contribution is -2.13. The molecular weight excluding hydrogens is 286 g/mol. The molecule has 2 aromatic carbocycles. The molecule has 0 saturated carbocycles. The van der Waals surface area contributed by atoms with Gasteiger partial charge in [0.1, 0.15) is 0 Å². The van der Waals surface area contributed by atoms with Crippen LogP contribution >= 0.6 is 0 Å². The van der Waals surface area contributed by atoms with Crippen molar-refractivity contribution >= 4 is 11.6 Å². The number of nitrogens with one attached hydrogen (secondary N) is 1. The third-order valence-corrected chi connectivity index (χ3v) is 3.63. The third kappa shape index (κ3) is 4.93. The molecule has 122 valence electrons. The van der Waals surface area contributed by atoms with E-state index in [1.165, 1.54) is 0 Å². The topological polar surface area (TPSA) is 38.3 Å². The van der Waals surface area contributed by atoms with Crippen LogP contribution in [0.25, 0.3) is 0 Å². The Hall–Kier alpha value is -2.13. The summed E-state index contributed by atoms with van der Waals surface area (Å²) in [5.41, 5.74) is 3.73. The average molecular weight is 311 g/mol. The van der Waals surface area contributed by atoms with Crippen LogP contribution in [0, 0.1) is 0 Å². The first-order valence-corrected chi connectivity index (χ1v) is 8.08. The highest BCUT2D eigenvalue weighted by Crippen LogP contribution is 2.24. The fourth-order valence-corrected chi connectivity index (χ4v) is 2.32. The maximum Gasteiger partial charge on any atom is 0.255 e. The second-order valence-corrected chi connectivity index (χ2v) is 6.25. The van der Waals surface area contributed by atoms with Gasteiger partial charge < -0.3 is 10.1 Å². The Kier molecular flexibility index (Phi) is 5.94. The SMILES string of the molecule is CC(C)OCc1ccc(C(=O)Nc2ccccc2C(C)C)cc1. The van der Waals surface area contributed by atoms with Crippen LogP contribution in [0.1, 0.15) is 55.1 Å². The van der Waals surface area contributed by atoms with Gasteiger partial charge in [0.2, 0.25) is 0 Å². The Balaban J connectivity index is 2.06. The van der Waals surface area contributed by atoms with Crippen molar-refractivity contribution in [2.75, 3.05) is 5.32 Å². The maximum absolute atomic E-state index is 12.4. The third-order valence-electron chi connectivity index (χ3n) is 3.63. The number of carbonyl (C=O) groups is 1. The number of rotatable bonds is 6. The zero-order chi connectivity index (χ0) is 16.8. The van der Waals surface area contributed by atoms with Gasteiger partial charge in [-0.1, -0.05) is 44.2 Å². The van der Waals surface area contributed by atoms with Crippen LogP contribution in [0.2, 0.25) is 0 Å². The van der Waals surface area contributed by atoms with Gasteiger partial charge in [-0.25, -0.2) is 0 Å². The van der Waals surface area contributed by atoms with E-state index in [0.29, 0.717) is 18.1 Å². The number of hydrogen-bond donors (Lipinski definition) is 1. The van der Waals surface area contributed by atoms with Crippen molar-refractivity contribution in [2.45, 2.75) is 46.3 Å². The molecule has 0 bridgehead atoms. The summed E-state index contributed by atoms with van der Waals surface area (Å²) in [7, 11) is 0. The molecule has 0 unspecified atom stereocenters. The number of amides is 1. The summed E-state index contributed by atoms with van der Waals surface area (Å²) in [6.07, 6.45) is 0.200. The normalized spacial score (nSPS) is 11.0. The van der Waals surface area contributed by atoms with Crippen molar-refractivity contribution in [2.24, 2.45) is 0 Å². The Morgan fingerprint density at radius 1 is 1.00 bits per heavy atom. The molecule has 0 fully saturated rings. The van der Waals surface area contributed by atoms with Crippen LogP contribution in [0.3, 0.4) is 0 Å². The summed E-state index contributed by atoms with van der Waals surface area (Å²) >= 11 is 0. The van der Waals surface area contributed by atoms with E-state index in [9.17, 15) is 4.79 Å². The van der Waals surface area contributed by atoms with E-state index in [1.807, 2.05) is 62.4 Å². The van der Waals surface area contributed by atoms with Gasteiger partial charge in [0.15, 0.2) is 0 Å². The second-order valence-electron chi connectivity index (χ2n) is 6.25. The van der Waals surface area contributed by atoms with Crippen molar-refractivity contribution in [3.05, 3.63) is 65.2 Å². The smallest absolute Gasteiger partial charge is 0.255 e. The van der Waals surface area contributed by atoms with Crippen molar-refractivity contribution < 1.29 is 9.53 Å². The molecular formula is C20H25NO2. The van der Waals surface area contributed by atoms with Crippen molar-refractivity contribution in [1.82, 2.24) is 0 Å². The summed E-state index contributed by atoms with van der Waals surface area (Å²) in [4.78, 5) is 12.4. The summed E-state index contributed by atoms with van der Waals surface area (Å²) in [5.74, 6) is 0.275. The molecule has 0 heterocycles. The van der Waals surface area contributed by atoms with Gasteiger partial charge in [-0.3, -0.25) is 4.79 Å². The molecule has 0 aliphatic carbocycles. The number of para-hydroxylation sites is 1. The van der Waals surface area contributed by atoms with E-state index in [2.05, 4.69) is 19.2 Å². The molecule has 0 aromatic heterocycles. The van der Waals surface area contributed by atoms with Gasteiger partial charge in [-0.05, 0) is 49.1 Å².